The van der Waals surface area contributed by atoms with Crippen molar-refractivity contribution in [1.82, 2.24) is 5.32 Å². The summed E-state index contributed by atoms with van der Waals surface area (Å²) < 4.78 is 38.7. The zero-order valence-electron chi connectivity index (χ0n) is 9.80. The second-order valence-electron chi connectivity index (χ2n) is 3.60. The van der Waals surface area contributed by atoms with Gasteiger partial charge in [0, 0.05) is 17.6 Å². The topological polar surface area (TPSA) is 55.1 Å². The molecule has 0 heterocycles. The van der Waals surface area contributed by atoms with Crippen molar-refractivity contribution in [3.8, 4) is 0 Å². The number of rotatable bonds is 4. The summed E-state index contributed by atoms with van der Waals surface area (Å²) in [5, 5.41) is 2.37. The first kappa shape index (κ1) is 15.7. The molecular weight excluding hydrogens is 325 g/mol. The quantitative estimate of drug-likeness (QED) is 0.830. The molecule has 0 aliphatic heterocycles. The fraction of sp³-hybridized carbons (Fsp3) is 0.250. The molecule has 0 aliphatic carbocycles. The lowest BCUT2D eigenvalue weighted by Gasteiger charge is -2.12. The van der Waals surface area contributed by atoms with E-state index in [1.165, 1.54) is 6.07 Å². The van der Waals surface area contributed by atoms with E-state index in [0.29, 0.717) is 6.54 Å². The summed E-state index contributed by atoms with van der Waals surface area (Å²) in [5.74, 6) is -0.776. The van der Waals surface area contributed by atoms with Gasteiger partial charge in [-0.3, -0.25) is 4.79 Å². The van der Waals surface area contributed by atoms with E-state index in [2.05, 4.69) is 21.2 Å². The minimum absolute atomic E-state index is 0.128. The Bertz CT molecular complexity index is 486. The van der Waals surface area contributed by atoms with E-state index in [4.69, 9.17) is 5.73 Å². The predicted molar refractivity (Wildman–Crippen MR) is 69.7 cm³/mol. The fourth-order valence-corrected chi connectivity index (χ4v) is 1.74. The highest BCUT2D eigenvalue weighted by atomic mass is 79.9. The molecule has 0 atom stereocenters. The molecule has 104 valence electrons. The van der Waals surface area contributed by atoms with Gasteiger partial charge in [-0.05, 0) is 18.2 Å². The average Bonchev–Trinajstić information content (AvgIpc) is 2.33. The Kier molecular flexibility index (Phi) is 5.56. The maximum absolute atomic E-state index is 12.8. The number of alkyl halides is 3. The molecule has 0 saturated heterocycles. The van der Waals surface area contributed by atoms with E-state index in [1.807, 2.05) is 0 Å². The summed E-state index contributed by atoms with van der Waals surface area (Å²) in [6.07, 6.45) is -1.40. The van der Waals surface area contributed by atoms with Crippen molar-refractivity contribution < 1.29 is 18.0 Å². The number of hydrogen-bond acceptors (Lipinski definition) is 2. The van der Waals surface area contributed by atoms with Crippen LogP contribution in [0.5, 0.6) is 0 Å². The molecule has 0 aromatic heterocycles. The van der Waals surface area contributed by atoms with Crippen molar-refractivity contribution in [2.24, 2.45) is 5.73 Å². The summed E-state index contributed by atoms with van der Waals surface area (Å²) in [6, 6.07) is 3.40. The summed E-state index contributed by atoms with van der Waals surface area (Å²) in [7, 11) is 0. The lowest BCUT2D eigenvalue weighted by atomic mass is 10.1. The Balaban J connectivity index is 2.93. The number of hydrogen-bond donors (Lipinski definition) is 2. The van der Waals surface area contributed by atoms with Crippen LogP contribution in [0.4, 0.5) is 13.2 Å². The molecule has 1 amide bonds. The number of nitrogens with one attached hydrogen (secondary N) is 1. The SMILES string of the molecule is NC/C=C/CNC(=O)c1ccc(Br)cc1C(F)(F)F. The van der Waals surface area contributed by atoms with Crippen molar-refractivity contribution in [3.05, 3.63) is 46.0 Å². The Hall–Kier alpha value is -1.34. The van der Waals surface area contributed by atoms with Crippen LogP contribution in [-0.4, -0.2) is 19.0 Å². The highest BCUT2D eigenvalue weighted by Gasteiger charge is 2.35. The Morgan fingerprint density at radius 3 is 2.63 bits per heavy atom. The summed E-state index contributed by atoms with van der Waals surface area (Å²) >= 11 is 2.95. The number of benzene rings is 1. The minimum Gasteiger partial charge on any atom is -0.349 e. The molecule has 0 spiro atoms. The van der Waals surface area contributed by atoms with Crippen LogP contribution in [-0.2, 0) is 6.18 Å². The lowest BCUT2D eigenvalue weighted by molar-refractivity contribution is -0.138. The van der Waals surface area contributed by atoms with E-state index in [1.54, 1.807) is 12.2 Å². The molecule has 0 aliphatic rings. The molecule has 1 aromatic rings. The zero-order valence-corrected chi connectivity index (χ0v) is 11.4. The monoisotopic (exact) mass is 336 g/mol. The third kappa shape index (κ3) is 4.68. The van der Waals surface area contributed by atoms with Gasteiger partial charge in [0.15, 0.2) is 0 Å². The molecule has 0 fully saturated rings. The lowest BCUT2D eigenvalue weighted by Crippen LogP contribution is -2.26. The van der Waals surface area contributed by atoms with Gasteiger partial charge >= 0.3 is 6.18 Å². The second kappa shape index (κ2) is 6.72. The van der Waals surface area contributed by atoms with E-state index >= 15 is 0 Å². The Morgan fingerprint density at radius 2 is 2.05 bits per heavy atom. The number of carbonyl (C=O) groups excluding carboxylic acids is 1. The van der Waals surface area contributed by atoms with Crippen LogP contribution in [0.2, 0.25) is 0 Å². The minimum atomic E-state index is -4.58. The van der Waals surface area contributed by atoms with Crippen LogP contribution in [0.3, 0.4) is 0 Å². The van der Waals surface area contributed by atoms with Crippen LogP contribution in [0, 0.1) is 0 Å². The van der Waals surface area contributed by atoms with Gasteiger partial charge in [-0.1, -0.05) is 28.1 Å². The van der Waals surface area contributed by atoms with Crippen LogP contribution in [0.1, 0.15) is 15.9 Å². The van der Waals surface area contributed by atoms with Crippen molar-refractivity contribution in [2.75, 3.05) is 13.1 Å². The maximum atomic E-state index is 12.8. The molecular formula is C12H12BrF3N2O. The molecule has 3 N–H and O–H groups in total. The molecule has 0 saturated carbocycles. The highest BCUT2D eigenvalue weighted by molar-refractivity contribution is 9.10. The average molecular weight is 337 g/mol. The van der Waals surface area contributed by atoms with Crippen molar-refractivity contribution in [1.29, 1.82) is 0 Å². The third-order valence-corrected chi connectivity index (χ3v) is 2.71. The zero-order chi connectivity index (χ0) is 14.5. The van der Waals surface area contributed by atoms with Crippen molar-refractivity contribution in [2.45, 2.75) is 6.18 Å². The van der Waals surface area contributed by atoms with Gasteiger partial charge in [0.05, 0.1) is 11.1 Å². The molecule has 7 heteroatoms. The first-order chi connectivity index (χ1) is 8.86. The van der Waals surface area contributed by atoms with Gasteiger partial charge in [0.25, 0.3) is 5.91 Å². The third-order valence-electron chi connectivity index (χ3n) is 2.21. The number of amides is 1. The second-order valence-corrected chi connectivity index (χ2v) is 4.52. The summed E-state index contributed by atoms with van der Waals surface area (Å²) in [5.41, 5.74) is 3.82. The first-order valence-corrected chi connectivity index (χ1v) is 6.15. The Morgan fingerprint density at radius 1 is 1.37 bits per heavy atom. The molecule has 1 aromatic carbocycles. The molecule has 0 radical (unpaired) electrons. The van der Waals surface area contributed by atoms with Crippen molar-refractivity contribution in [3.63, 3.8) is 0 Å². The van der Waals surface area contributed by atoms with E-state index < -0.39 is 23.2 Å². The molecule has 1 rings (SSSR count). The predicted octanol–water partition coefficient (Wildman–Crippen LogP) is 2.71. The molecule has 3 nitrogen and oxygen atoms in total. The number of nitrogens with two attached hydrogens (primary N) is 1. The van der Waals surface area contributed by atoms with Crippen LogP contribution < -0.4 is 11.1 Å². The standard InChI is InChI=1S/C12H12BrF3N2O/c13-8-3-4-9(10(7-8)12(14,15)16)11(19)18-6-2-1-5-17/h1-4,7H,5-6,17H2,(H,18,19)/b2-1+. The molecule has 0 bridgehead atoms. The summed E-state index contributed by atoms with van der Waals surface area (Å²) in [4.78, 5) is 11.7. The highest BCUT2D eigenvalue weighted by Crippen LogP contribution is 2.33. The first-order valence-electron chi connectivity index (χ1n) is 5.36. The smallest absolute Gasteiger partial charge is 0.349 e. The van der Waals surface area contributed by atoms with Crippen LogP contribution in [0.15, 0.2) is 34.8 Å². The Labute approximate surface area is 116 Å². The van der Waals surface area contributed by atoms with Gasteiger partial charge in [-0.15, -0.1) is 0 Å². The van der Waals surface area contributed by atoms with Gasteiger partial charge in [-0.25, -0.2) is 0 Å². The molecule has 19 heavy (non-hydrogen) atoms. The van der Waals surface area contributed by atoms with E-state index in [-0.39, 0.29) is 11.0 Å². The fourth-order valence-electron chi connectivity index (χ4n) is 1.38. The number of carbonyl (C=O) groups is 1. The van der Waals surface area contributed by atoms with Crippen LogP contribution in [0.25, 0.3) is 0 Å². The summed E-state index contributed by atoms with van der Waals surface area (Å²) in [6.45, 7) is 0.436. The number of halogens is 4. The van der Waals surface area contributed by atoms with Crippen molar-refractivity contribution >= 4 is 21.8 Å². The van der Waals surface area contributed by atoms with Gasteiger partial charge < -0.3 is 11.1 Å². The van der Waals surface area contributed by atoms with Gasteiger partial charge in [0.2, 0.25) is 0 Å². The van der Waals surface area contributed by atoms with Gasteiger partial charge in [0.1, 0.15) is 0 Å². The van der Waals surface area contributed by atoms with E-state index in [9.17, 15) is 18.0 Å². The maximum Gasteiger partial charge on any atom is 0.417 e. The largest absolute Gasteiger partial charge is 0.417 e. The van der Waals surface area contributed by atoms with E-state index in [0.717, 1.165) is 12.1 Å². The van der Waals surface area contributed by atoms with Gasteiger partial charge in [-0.2, -0.15) is 13.2 Å². The molecule has 0 unspecified atom stereocenters. The normalized spacial score (nSPS) is 11.8. The van der Waals surface area contributed by atoms with Crippen LogP contribution >= 0.6 is 15.9 Å².